The van der Waals surface area contributed by atoms with E-state index in [-0.39, 0.29) is 26.2 Å². The lowest BCUT2D eigenvalue weighted by Crippen LogP contribution is -2.48. The van der Waals surface area contributed by atoms with Crippen LogP contribution in [0.1, 0.15) is 63.2 Å². The van der Waals surface area contributed by atoms with Gasteiger partial charge in [0.2, 0.25) is 11.7 Å². The first-order chi connectivity index (χ1) is 14.8. The van der Waals surface area contributed by atoms with Gasteiger partial charge in [0, 0.05) is 19.6 Å². The van der Waals surface area contributed by atoms with Crippen molar-refractivity contribution < 1.29 is 41.4 Å². The zero-order valence-corrected chi connectivity index (χ0v) is 18.4. The monoisotopic (exact) mass is 461 g/mol. The molecule has 3 rings (SSSR count). The Hall–Kier alpha value is -2.79. The summed E-state index contributed by atoms with van der Waals surface area (Å²) >= 11 is 0. The Bertz CT molecular complexity index is 897. The molecule has 1 spiro atoms. The van der Waals surface area contributed by atoms with E-state index in [0.29, 0.717) is 19.3 Å². The Kier molecular flexibility index (Phi) is 6.18. The molecule has 0 N–H and O–H groups in total. The number of piperidine rings is 1. The molecule has 1 aromatic rings. The van der Waals surface area contributed by atoms with Crippen molar-refractivity contribution in [3.05, 3.63) is 11.5 Å². The number of hydrogen-bond acceptors (Lipinski definition) is 7. The summed E-state index contributed by atoms with van der Waals surface area (Å²) in [4.78, 5) is 43.3. The van der Waals surface area contributed by atoms with Crippen LogP contribution in [-0.4, -0.2) is 59.7 Å². The van der Waals surface area contributed by atoms with Gasteiger partial charge in [-0.3, -0.25) is 9.69 Å². The summed E-state index contributed by atoms with van der Waals surface area (Å²) in [5.41, 5.74) is -3.01. The summed E-state index contributed by atoms with van der Waals surface area (Å²) in [5, 5.41) is 0. The number of rotatable bonds is 3. The maximum Gasteiger partial charge on any atom is 0.437 e. The maximum atomic E-state index is 13.3. The second kappa shape index (κ2) is 8.28. The summed E-state index contributed by atoms with van der Waals surface area (Å²) < 4.78 is 55.1. The number of halogens is 3. The summed E-state index contributed by atoms with van der Waals surface area (Å²) in [5.74, 6) is -2.82. The molecule has 0 aromatic carbocycles. The van der Waals surface area contributed by atoms with Crippen LogP contribution >= 0.6 is 0 Å². The van der Waals surface area contributed by atoms with Crippen molar-refractivity contribution in [1.82, 2.24) is 9.88 Å². The highest BCUT2D eigenvalue weighted by molar-refractivity contribution is 5.99. The fourth-order valence-corrected chi connectivity index (χ4v) is 3.86. The number of carbonyl (C=O) groups excluding carboxylic acids is 3. The molecule has 0 aliphatic carbocycles. The van der Waals surface area contributed by atoms with E-state index >= 15 is 0 Å². The molecule has 32 heavy (non-hydrogen) atoms. The number of carbonyl (C=O) groups is 3. The van der Waals surface area contributed by atoms with Gasteiger partial charge in [-0.1, -0.05) is 0 Å². The van der Waals surface area contributed by atoms with Gasteiger partial charge in [0.15, 0.2) is 5.69 Å². The van der Waals surface area contributed by atoms with E-state index < -0.39 is 52.6 Å². The van der Waals surface area contributed by atoms with E-state index in [4.69, 9.17) is 9.15 Å². The van der Waals surface area contributed by atoms with Crippen LogP contribution in [-0.2, 0) is 20.4 Å². The molecule has 0 saturated carbocycles. The third-order valence-corrected chi connectivity index (χ3v) is 5.46. The van der Waals surface area contributed by atoms with E-state index in [1.54, 1.807) is 20.8 Å². The first-order valence-corrected chi connectivity index (χ1v) is 10.3. The average molecular weight is 461 g/mol. The van der Waals surface area contributed by atoms with E-state index in [2.05, 4.69) is 9.72 Å². The van der Waals surface area contributed by atoms with Crippen LogP contribution in [0.15, 0.2) is 4.42 Å². The Morgan fingerprint density at radius 2 is 1.72 bits per heavy atom. The highest BCUT2D eigenvalue weighted by atomic mass is 19.4. The highest BCUT2D eigenvalue weighted by Crippen LogP contribution is 2.44. The molecule has 3 heterocycles. The SMILES string of the molecule is CCOC(=O)c1oc(N2CCC3(CCN(C(=O)OC(C)(C)C)CC3)C2=O)nc1C(F)(F)F. The minimum absolute atomic E-state index is 0.0886. The number of anilines is 1. The molecule has 0 atom stereocenters. The molecule has 0 bridgehead atoms. The third-order valence-electron chi connectivity index (χ3n) is 5.46. The molecule has 0 radical (unpaired) electrons. The normalized spacial score (nSPS) is 18.9. The molecule has 2 amide bonds. The largest absolute Gasteiger partial charge is 0.460 e. The van der Waals surface area contributed by atoms with Crippen LogP contribution in [0, 0.1) is 5.41 Å². The average Bonchev–Trinajstić information content (AvgIpc) is 3.24. The van der Waals surface area contributed by atoms with Crippen molar-refractivity contribution in [2.24, 2.45) is 5.41 Å². The Morgan fingerprint density at radius 3 is 2.25 bits per heavy atom. The Labute approximate surface area is 182 Å². The van der Waals surface area contributed by atoms with Gasteiger partial charge in [0.25, 0.3) is 0 Å². The first kappa shape index (κ1) is 23.9. The third kappa shape index (κ3) is 4.68. The van der Waals surface area contributed by atoms with Gasteiger partial charge in [0.05, 0.1) is 12.0 Å². The van der Waals surface area contributed by atoms with Crippen LogP contribution in [0.4, 0.5) is 24.0 Å². The number of amides is 2. The number of alkyl halides is 3. The van der Waals surface area contributed by atoms with Crippen LogP contribution in [0.5, 0.6) is 0 Å². The van der Waals surface area contributed by atoms with Gasteiger partial charge in [0.1, 0.15) is 5.60 Å². The van der Waals surface area contributed by atoms with Crippen molar-refractivity contribution in [3.63, 3.8) is 0 Å². The molecule has 2 aliphatic rings. The fraction of sp³-hybridized carbons (Fsp3) is 0.700. The van der Waals surface area contributed by atoms with Gasteiger partial charge in [-0.25, -0.2) is 9.59 Å². The summed E-state index contributed by atoms with van der Waals surface area (Å²) in [6.45, 7) is 7.21. The number of ether oxygens (including phenoxy) is 2. The standard InChI is InChI=1S/C20H26F3N3O6/c1-5-30-14(27)12-13(20(21,22)23)24-16(31-12)26-11-8-19(15(26)28)6-9-25(10-7-19)17(29)32-18(2,3)4/h5-11H2,1-4H3. The molecule has 178 valence electrons. The second-order valence-electron chi connectivity index (χ2n) is 8.85. The molecule has 9 nitrogen and oxygen atoms in total. The van der Waals surface area contributed by atoms with Crippen LogP contribution in [0.3, 0.4) is 0 Å². The number of esters is 1. The Balaban J connectivity index is 1.76. The van der Waals surface area contributed by atoms with Crippen LogP contribution < -0.4 is 4.90 Å². The number of likely N-dealkylation sites (tertiary alicyclic amines) is 1. The zero-order chi connectivity index (χ0) is 23.9. The Morgan fingerprint density at radius 1 is 1.12 bits per heavy atom. The smallest absolute Gasteiger partial charge is 0.437 e. The minimum atomic E-state index is -4.96. The van der Waals surface area contributed by atoms with Crippen molar-refractivity contribution in [2.45, 2.75) is 58.7 Å². The molecule has 2 saturated heterocycles. The summed E-state index contributed by atoms with van der Waals surface area (Å²) in [6, 6.07) is -0.586. The van der Waals surface area contributed by atoms with E-state index in [1.165, 1.54) is 11.8 Å². The van der Waals surface area contributed by atoms with Crippen molar-refractivity contribution in [3.8, 4) is 0 Å². The van der Waals surface area contributed by atoms with E-state index in [1.807, 2.05) is 0 Å². The van der Waals surface area contributed by atoms with E-state index in [9.17, 15) is 27.6 Å². The highest BCUT2D eigenvalue weighted by Gasteiger charge is 2.52. The predicted molar refractivity (Wildman–Crippen MR) is 104 cm³/mol. The molecule has 2 fully saturated rings. The van der Waals surface area contributed by atoms with Gasteiger partial charge in [-0.15, -0.1) is 0 Å². The van der Waals surface area contributed by atoms with Gasteiger partial charge < -0.3 is 18.8 Å². The number of oxazole rings is 1. The lowest BCUT2D eigenvalue weighted by Gasteiger charge is -2.38. The topological polar surface area (TPSA) is 102 Å². The lowest BCUT2D eigenvalue weighted by atomic mass is 9.77. The number of hydrogen-bond donors (Lipinski definition) is 0. The van der Waals surface area contributed by atoms with Gasteiger partial charge >= 0.3 is 24.3 Å². The molecule has 12 heteroatoms. The summed E-state index contributed by atoms with van der Waals surface area (Å²) in [7, 11) is 0. The number of nitrogens with zero attached hydrogens (tertiary/aromatic N) is 3. The van der Waals surface area contributed by atoms with Crippen molar-refractivity contribution >= 4 is 24.0 Å². The fourth-order valence-electron chi connectivity index (χ4n) is 3.86. The quantitative estimate of drug-likeness (QED) is 0.634. The van der Waals surface area contributed by atoms with Crippen molar-refractivity contribution in [1.29, 1.82) is 0 Å². The molecular formula is C20H26F3N3O6. The van der Waals surface area contributed by atoms with Gasteiger partial charge in [-0.05, 0) is 47.0 Å². The van der Waals surface area contributed by atoms with Gasteiger partial charge in [-0.2, -0.15) is 18.2 Å². The molecule has 1 aromatic heterocycles. The maximum absolute atomic E-state index is 13.3. The first-order valence-electron chi connectivity index (χ1n) is 10.3. The molecular weight excluding hydrogens is 435 g/mol. The molecule has 0 unspecified atom stereocenters. The van der Waals surface area contributed by atoms with E-state index in [0.717, 1.165) is 4.90 Å². The number of aromatic nitrogens is 1. The predicted octanol–water partition coefficient (Wildman–Crippen LogP) is 3.62. The van der Waals surface area contributed by atoms with Crippen molar-refractivity contribution in [2.75, 3.05) is 31.1 Å². The summed E-state index contributed by atoms with van der Waals surface area (Å²) in [6.07, 6.45) is -4.40. The molecule has 2 aliphatic heterocycles. The minimum Gasteiger partial charge on any atom is -0.460 e. The van der Waals surface area contributed by atoms with Crippen LogP contribution in [0.25, 0.3) is 0 Å². The zero-order valence-electron chi connectivity index (χ0n) is 18.4. The lowest BCUT2D eigenvalue weighted by molar-refractivity contribution is -0.141. The second-order valence-corrected chi connectivity index (χ2v) is 8.85. The van der Waals surface area contributed by atoms with Crippen LogP contribution in [0.2, 0.25) is 0 Å².